The second kappa shape index (κ2) is 6.07. The van der Waals surface area contributed by atoms with Gasteiger partial charge in [-0.05, 0) is 30.7 Å². The third-order valence-corrected chi connectivity index (χ3v) is 2.92. The number of aryl methyl sites for hydroxylation is 1. The molecule has 110 valence electrons. The zero-order valence-corrected chi connectivity index (χ0v) is 12.6. The van der Waals surface area contributed by atoms with Gasteiger partial charge in [0.05, 0.1) is 11.9 Å². The number of hydrogen-bond acceptors (Lipinski definition) is 3. The third-order valence-electron chi connectivity index (χ3n) is 2.92. The lowest BCUT2D eigenvalue weighted by Crippen LogP contribution is -1.88. The Morgan fingerprint density at radius 1 is 1.14 bits per heavy atom. The predicted molar refractivity (Wildman–Crippen MR) is 83.7 cm³/mol. The number of benzene rings is 1. The summed E-state index contributed by atoms with van der Waals surface area (Å²) in [5.41, 5.74) is 4.76. The molecule has 0 radical (unpaired) electrons. The van der Waals surface area contributed by atoms with E-state index >= 15 is 0 Å². The van der Waals surface area contributed by atoms with E-state index in [1.807, 2.05) is 18.3 Å². The van der Waals surface area contributed by atoms with E-state index in [1.54, 1.807) is 6.20 Å². The summed E-state index contributed by atoms with van der Waals surface area (Å²) in [4.78, 5) is 7.59. The van der Waals surface area contributed by atoms with E-state index in [0.717, 1.165) is 11.3 Å². The fourth-order valence-electron chi connectivity index (χ4n) is 2.08. The first-order valence-electron chi connectivity index (χ1n) is 6.26. The highest BCUT2D eigenvalue weighted by atomic mass is 32.2. The molecule has 0 bridgehead atoms. The maximum absolute atomic E-state index is 9.19. The molecule has 0 aliphatic carbocycles. The number of hydrogen-bond donors (Lipinski definition) is 2. The van der Waals surface area contributed by atoms with Gasteiger partial charge in [-0.1, -0.05) is 18.2 Å². The standard InChI is InChI=1S/C14H12N2.CH4O3S/c1-10-12-6-2-3-7-13(12)16-14(10)11-5-4-8-15-9-11;1-5(2,3)4/h2-9,16H,1H3;1H3,(H,2,3,4). The highest BCUT2D eigenvalue weighted by Crippen LogP contribution is 2.28. The minimum atomic E-state index is -3.67. The minimum Gasteiger partial charge on any atom is -0.354 e. The number of aromatic amines is 1. The van der Waals surface area contributed by atoms with Crippen LogP contribution in [0.3, 0.4) is 0 Å². The lowest BCUT2D eigenvalue weighted by Gasteiger charge is -1.98. The first kappa shape index (κ1) is 15.2. The fraction of sp³-hybridized carbons (Fsp3) is 0.133. The Hall–Kier alpha value is -2.18. The van der Waals surface area contributed by atoms with E-state index in [4.69, 9.17) is 4.55 Å². The van der Waals surface area contributed by atoms with Crippen LogP contribution in [0.15, 0.2) is 48.8 Å². The van der Waals surface area contributed by atoms with Crippen molar-refractivity contribution in [3.63, 3.8) is 0 Å². The number of para-hydroxylation sites is 1. The average Bonchev–Trinajstić information content (AvgIpc) is 2.76. The molecule has 21 heavy (non-hydrogen) atoms. The Labute approximate surface area is 123 Å². The molecule has 6 heteroatoms. The SMILES string of the molecule is CS(=O)(=O)O.Cc1c(-c2cccnc2)[nH]c2ccccc12. The molecule has 1 aromatic carbocycles. The Bertz CT molecular complexity index is 832. The van der Waals surface area contributed by atoms with Crippen LogP contribution in [0, 0.1) is 6.92 Å². The first-order valence-corrected chi connectivity index (χ1v) is 8.11. The number of fused-ring (bicyclic) bond motifs is 1. The summed E-state index contributed by atoms with van der Waals surface area (Å²) in [5, 5.41) is 1.28. The molecular weight excluding hydrogens is 288 g/mol. The van der Waals surface area contributed by atoms with E-state index < -0.39 is 10.1 Å². The summed E-state index contributed by atoms with van der Waals surface area (Å²) < 4.78 is 25.9. The van der Waals surface area contributed by atoms with Gasteiger partial charge in [0.1, 0.15) is 0 Å². The number of aromatic nitrogens is 2. The zero-order chi connectivity index (χ0) is 15.5. The van der Waals surface area contributed by atoms with Gasteiger partial charge >= 0.3 is 0 Å². The summed E-state index contributed by atoms with van der Waals surface area (Å²) in [6.07, 6.45) is 4.40. The molecule has 3 rings (SSSR count). The maximum atomic E-state index is 9.19. The molecule has 0 fully saturated rings. The van der Waals surface area contributed by atoms with E-state index in [9.17, 15) is 8.42 Å². The lowest BCUT2D eigenvalue weighted by atomic mass is 10.1. The fourth-order valence-corrected chi connectivity index (χ4v) is 2.08. The summed E-state index contributed by atoms with van der Waals surface area (Å²) in [5.74, 6) is 0. The van der Waals surface area contributed by atoms with Crippen LogP contribution >= 0.6 is 0 Å². The van der Waals surface area contributed by atoms with E-state index in [1.165, 1.54) is 16.5 Å². The molecular formula is C15H16N2O3S. The van der Waals surface area contributed by atoms with Crippen LogP contribution in [0.4, 0.5) is 0 Å². The van der Waals surface area contributed by atoms with Crippen LogP contribution < -0.4 is 0 Å². The Morgan fingerprint density at radius 2 is 1.81 bits per heavy atom. The van der Waals surface area contributed by atoms with Crippen molar-refractivity contribution in [3.8, 4) is 11.3 Å². The van der Waals surface area contributed by atoms with E-state index in [0.29, 0.717) is 6.26 Å². The summed E-state index contributed by atoms with van der Waals surface area (Å²) in [7, 11) is -3.67. The number of nitrogens with one attached hydrogen (secondary N) is 1. The van der Waals surface area contributed by atoms with Crippen LogP contribution in [0.5, 0.6) is 0 Å². The van der Waals surface area contributed by atoms with Crippen LogP contribution in [0.2, 0.25) is 0 Å². The number of pyridine rings is 1. The van der Waals surface area contributed by atoms with Crippen molar-refractivity contribution in [3.05, 3.63) is 54.4 Å². The molecule has 0 aliphatic heterocycles. The van der Waals surface area contributed by atoms with Crippen LogP contribution in [0.1, 0.15) is 5.56 Å². The van der Waals surface area contributed by atoms with Gasteiger partial charge in [0.25, 0.3) is 10.1 Å². The van der Waals surface area contributed by atoms with Gasteiger partial charge in [0.15, 0.2) is 0 Å². The predicted octanol–water partition coefficient (Wildman–Crippen LogP) is 3.04. The number of nitrogens with zero attached hydrogens (tertiary/aromatic N) is 1. The van der Waals surface area contributed by atoms with Crippen molar-refractivity contribution in [1.82, 2.24) is 9.97 Å². The van der Waals surface area contributed by atoms with Gasteiger partial charge < -0.3 is 4.98 Å². The molecule has 0 saturated carbocycles. The minimum absolute atomic E-state index is 0.715. The lowest BCUT2D eigenvalue weighted by molar-refractivity contribution is 0.490. The van der Waals surface area contributed by atoms with Gasteiger partial charge in [-0.25, -0.2) is 0 Å². The Kier molecular flexibility index (Phi) is 4.40. The van der Waals surface area contributed by atoms with Crippen LogP contribution in [-0.4, -0.2) is 29.2 Å². The van der Waals surface area contributed by atoms with Crippen molar-refractivity contribution < 1.29 is 13.0 Å². The second-order valence-corrected chi connectivity index (χ2v) is 6.11. The number of rotatable bonds is 1. The van der Waals surface area contributed by atoms with E-state index in [-0.39, 0.29) is 0 Å². The molecule has 0 atom stereocenters. The van der Waals surface area contributed by atoms with Crippen molar-refractivity contribution in [2.75, 3.05) is 6.26 Å². The zero-order valence-electron chi connectivity index (χ0n) is 11.7. The summed E-state index contributed by atoms with van der Waals surface area (Å²) >= 11 is 0. The molecule has 5 nitrogen and oxygen atoms in total. The average molecular weight is 304 g/mol. The van der Waals surface area contributed by atoms with Gasteiger partial charge in [0, 0.05) is 28.9 Å². The highest BCUT2D eigenvalue weighted by molar-refractivity contribution is 7.85. The third kappa shape index (κ3) is 4.14. The molecule has 0 spiro atoms. The van der Waals surface area contributed by atoms with Crippen molar-refractivity contribution in [1.29, 1.82) is 0 Å². The van der Waals surface area contributed by atoms with Crippen LogP contribution in [-0.2, 0) is 10.1 Å². The van der Waals surface area contributed by atoms with Gasteiger partial charge in [-0.2, -0.15) is 8.42 Å². The quantitative estimate of drug-likeness (QED) is 0.677. The van der Waals surface area contributed by atoms with Gasteiger partial charge in [0.2, 0.25) is 0 Å². The molecule has 0 aliphatic rings. The highest BCUT2D eigenvalue weighted by Gasteiger charge is 2.08. The topological polar surface area (TPSA) is 83.1 Å². The smallest absolute Gasteiger partial charge is 0.261 e. The normalized spacial score (nSPS) is 11.0. The van der Waals surface area contributed by atoms with Crippen molar-refractivity contribution in [2.24, 2.45) is 0 Å². The maximum Gasteiger partial charge on any atom is 0.261 e. The van der Waals surface area contributed by atoms with Gasteiger partial charge in [-0.15, -0.1) is 0 Å². The first-order chi connectivity index (χ1) is 9.86. The Balaban J connectivity index is 0.000000282. The molecule has 2 heterocycles. The second-order valence-electron chi connectivity index (χ2n) is 4.65. The van der Waals surface area contributed by atoms with Crippen molar-refractivity contribution in [2.45, 2.75) is 6.92 Å². The largest absolute Gasteiger partial charge is 0.354 e. The van der Waals surface area contributed by atoms with Crippen molar-refractivity contribution >= 4 is 21.0 Å². The molecule has 3 aromatic rings. The molecule has 0 unspecified atom stereocenters. The molecule has 0 amide bonds. The molecule has 2 aromatic heterocycles. The summed E-state index contributed by atoms with van der Waals surface area (Å²) in [6, 6.07) is 12.4. The van der Waals surface area contributed by atoms with Gasteiger partial charge in [-0.3, -0.25) is 9.54 Å². The summed E-state index contributed by atoms with van der Waals surface area (Å²) in [6.45, 7) is 2.14. The molecule has 0 saturated heterocycles. The monoisotopic (exact) mass is 304 g/mol. The van der Waals surface area contributed by atoms with E-state index in [2.05, 4.69) is 41.2 Å². The molecule has 2 N–H and O–H groups in total. The van der Waals surface area contributed by atoms with Crippen LogP contribution in [0.25, 0.3) is 22.2 Å². The Morgan fingerprint density at radius 3 is 2.38 bits per heavy atom. The number of H-pyrrole nitrogens is 1.